The van der Waals surface area contributed by atoms with E-state index in [1.165, 1.54) is 14.7 Å². The van der Waals surface area contributed by atoms with Crippen molar-refractivity contribution in [1.29, 1.82) is 0 Å². The van der Waals surface area contributed by atoms with Crippen LogP contribution in [-0.2, 0) is 0 Å². The van der Waals surface area contributed by atoms with Gasteiger partial charge in [-0.3, -0.25) is 0 Å². The fraction of sp³-hybridized carbons (Fsp3) is 0.333. The van der Waals surface area contributed by atoms with Gasteiger partial charge in [0.1, 0.15) is 0 Å². The van der Waals surface area contributed by atoms with Crippen LogP contribution in [0, 0.1) is 0 Å². The van der Waals surface area contributed by atoms with Crippen LogP contribution in [0.4, 0.5) is 0 Å². The molecule has 104 valence electrons. The molecular formula is C15H20ClNS2. The molecule has 1 nitrogen and oxygen atoms in total. The van der Waals surface area contributed by atoms with E-state index in [4.69, 9.17) is 4.11 Å². The zero-order valence-corrected chi connectivity index (χ0v) is 13.4. The van der Waals surface area contributed by atoms with E-state index in [1.807, 2.05) is 36.7 Å². The van der Waals surface area contributed by atoms with Gasteiger partial charge in [-0.15, -0.1) is 35.1 Å². The molecule has 0 aliphatic heterocycles. The molecule has 0 aromatic carbocycles. The van der Waals surface area contributed by atoms with Crippen molar-refractivity contribution < 1.29 is 4.11 Å². The van der Waals surface area contributed by atoms with Crippen LogP contribution >= 0.6 is 35.1 Å². The summed E-state index contributed by atoms with van der Waals surface area (Å²) in [5.74, 6) is 0. The molecule has 2 rings (SSSR count). The van der Waals surface area contributed by atoms with Gasteiger partial charge in [0, 0.05) is 25.5 Å². The second kappa shape index (κ2) is 7.85. The lowest BCUT2D eigenvalue weighted by molar-refractivity contribution is 0.314. The highest BCUT2D eigenvalue weighted by Gasteiger charge is 2.11. The van der Waals surface area contributed by atoms with Crippen molar-refractivity contribution in [2.75, 3.05) is 13.5 Å². The molecule has 0 radical (unpaired) electrons. The zero-order chi connectivity index (χ0) is 15.5. The molecule has 0 aliphatic carbocycles. The van der Waals surface area contributed by atoms with E-state index in [1.54, 1.807) is 22.7 Å². The second-order valence-corrected chi connectivity index (χ2v) is 5.96. The van der Waals surface area contributed by atoms with Gasteiger partial charge in [0.25, 0.3) is 0 Å². The SMILES string of the molecule is Cl.[2H]C([2H])([2H])N(CC)C(C)C=C(c1cccs1)c1cccs1. The molecule has 0 N–H and O–H groups in total. The lowest BCUT2D eigenvalue weighted by Crippen LogP contribution is -2.27. The van der Waals surface area contributed by atoms with Crippen LogP contribution in [-0.4, -0.2) is 24.5 Å². The first-order valence-electron chi connectivity index (χ1n) is 7.49. The number of halogens is 1. The van der Waals surface area contributed by atoms with Crippen LogP contribution < -0.4 is 0 Å². The first-order valence-corrected chi connectivity index (χ1v) is 7.75. The maximum atomic E-state index is 7.65. The highest BCUT2D eigenvalue weighted by atomic mass is 35.5. The van der Waals surface area contributed by atoms with E-state index in [2.05, 4.69) is 18.2 Å². The summed E-state index contributed by atoms with van der Waals surface area (Å²) in [7, 11) is 0. The van der Waals surface area contributed by atoms with Crippen LogP contribution in [0.15, 0.2) is 41.1 Å². The Bertz CT molecular complexity index is 540. The van der Waals surface area contributed by atoms with Crippen LogP contribution in [0.25, 0.3) is 5.57 Å². The molecule has 1 atom stereocenters. The predicted molar refractivity (Wildman–Crippen MR) is 90.7 cm³/mol. The third-order valence-corrected chi connectivity index (χ3v) is 4.62. The fourth-order valence-corrected chi connectivity index (χ4v) is 3.36. The Hall–Kier alpha value is -0.610. The van der Waals surface area contributed by atoms with E-state index in [0.29, 0.717) is 6.54 Å². The molecule has 19 heavy (non-hydrogen) atoms. The van der Waals surface area contributed by atoms with Gasteiger partial charge < -0.3 is 4.90 Å². The number of nitrogens with zero attached hydrogens (tertiary/aromatic N) is 1. The van der Waals surface area contributed by atoms with Crippen molar-refractivity contribution >= 4 is 40.7 Å². The van der Waals surface area contributed by atoms with Gasteiger partial charge in [0.05, 0.1) is 0 Å². The van der Waals surface area contributed by atoms with Crippen LogP contribution in [0.2, 0.25) is 0 Å². The summed E-state index contributed by atoms with van der Waals surface area (Å²) in [6.45, 7) is 2.25. The molecule has 0 bridgehead atoms. The predicted octanol–water partition coefficient (Wildman–Crippen LogP) is 5.00. The normalized spacial score (nSPS) is 15.0. The molecule has 0 spiro atoms. The Kier molecular flexibility index (Phi) is 5.02. The summed E-state index contributed by atoms with van der Waals surface area (Å²) in [5, 5.41) is 4.09. The average molecular weight is 317 g/mol. The van der Waals surface area contributed by atoms with Gasteiger partial charge in [-0.1, -0.05) is 25.1 Å². The van der Waals surface area contributed by atoms with Crippen molar-refractivity contribution in [1.82, 2.24) is 4.90 Å². The third-order valence-electron chi connectivity index (χ3n) is 2.81. The fourth-order valence-electron chi connectivity index (χ4n) is 1.77. The molecule has 2 aromatic rings. The van der Waals surface area contributed by atoms with Crippen LogP contribution in [0.5, 0.6) is 0 Å². The van der Waals surface area contributed by atoms with Gasteiger partial charge in [-0.25, -0.2) is 0 Å². The molecule has 4 heteroatoms. The average Bonchev–Trinajstić information content (AvgIpc) is 3.08. The quantitative estimate of drug-likeness (QED) is 0.750. The molecule has 0 saturated heterocycles. The first-order chi connectivity index (χ1) is 9.93. The molecular weight excluding hydrogens is 294 g/mol. The minimum Gasteiger partial charge on any atom is -0.300 e. The van der Waals surface area contributed by atoms with E-state index in [-0.39, 0.29) is 18.4 Å². The van der Waals surface area contributed by atoms with Crippen molar-refractivity contribution in [3.8, 4) is 0 Å². The maximum absolute atomic E-state index is 7.65. The van der Waals surface area contributed by atoms with Gasteiger partial charge >= 0.3 is 0 Å². The molecule has 0 amide bonds. The van der Waals surface area contributed by atoms with E-state index in [9.17, 15) is 0 Å². The summed E-state index contributed by atoms with van der Waals surface area (Å²) >= 11 is 3.35. The number of rotatable bonds is 5. The first kappa shape index (κ1) is 12.2. The summed E-state index contributed by atoms with van der Waals surface area (Å²) in [5.41, 5.74) is 1.12. The zero-order valence-electron chi connectivity index (χ0n) is 14.0. The van der Waals surface area contributed by atoms with Crippen molar-refractivity contribution in [3.63, 3.8) is 0 Å². The number of likely N-dealkylation sites (N-methyl/N-ethyl adjacent to an activating group) is 1. The summed E-state index contributed by atoms with van der Waals surface area (Å²) in [6, 6.07) is 8.05. The van der Waals surface area contributed by atoms with Crippen LogP contribution in [0.3, 0.4) is 0 Å². The molecule has 0 aliphatic rings. The summed E-state index contributed by atoms with van der Waals surface area (Å²) in [6.07, 6.45) is 2.06. The molecule has 0 saturated carbocycles. The van der Waals surface area contributed by atoms with Gasteiger partial charge in [-0.2, -0.15) is 0 Å². The van der Waals surface area contributed by atoms with Crippen molar-refractivity contribution in [2.45, 2.75) is 19.9 Å². The van der Waals surface area contributed by atoms with E-state index >= 15 is 0 Å². The Balaban J connectivity index is 0.00000242. The highest BCUT2D eigenvalue weighted by Crippen LogP contribution is 2.31. The minimum atomic E-state index is -2.07. The molecule has 2 heterocycles. The smallest absolute Gasteiger partial charge is 0.0394 e. The molecule has 0 fully saturated rings. The number of thiophene rings is 2. The lowest BCUT2D eigenvalue weighted by Gasteiger charge is -2.21. The van der Waals surface area contributed by atoms with Gasteiger partial charge in [0.2, 0.25) is 0 Å². The highest BCUT2D eigenvalue weighted by molar-refractivity contribution is 7.13. The third kappa shape index (κ3) is 4.18. The standard InChI is InChI=1S/C15H19NS2.ClH/c1-4-16(3)12(2)11-13(14-7-5-9-17-14)15-8-6-10-18-15;/h5-12H,4H2,1-3H3;1H/i3D3;. The van der Waals surface area contributed by atoms with Gasteiger partial charge in [0.15, 0.2) is 0 Å². The van der Waals surface area contributed by atoms with E-state index in [0.717, 1.165) is 5.57 Å². The maximum Gasteiger partial charge on any atom is 0.0394 e. The van der Waals surface area contributed by atoms with Gasteiger partial charge in [-0.05, 0) is 43.3 Å². The Morgan fingerprint density at radius 1 is 1.32 bits per heavy atom. The molecule has 1 unspecified atom stereocenters. The Morgan fingerprint density at radius 3 is 2.26 bits per heavy atom. The van der Waals surface area contributed by atoms with Crippen molar-refractivity contribution in [3.05, 3.63) is 50.9 Å². The second-order valence-electron chi connectivity index (χ2n) is 4.06. The summed E-state index contributed by atoms with van der Waals surface area (Å²) < 4.78 is 22.9. The number of hydrogen-bond acceptors (Lipinski definition) is 3. The Labute approximate surface area is 134 Å². The largest absolute Gasteiger partial charge is 0.300 e. The topological polar surface area (TPSA) is 3.24 Å². The van der Waals surface area contributed by atoms with Crippen LogP contribution in [0.1, 0.15) is 27.7 Å². The minimum absolute atomic E-state index is 0. The number of hydrogen-bond donors (Lipinski definition) is 0. The van der Waals surface area contributed by atoms with E-state index < -0.39 is 6.98 Å². The lowest BCUT2D eigenvalue weighted by atomic mass is 10.1. The van der Waals surface area contributed by atoms with Crippen molar-refractivity contribution in [2.24, 2.45) is 0 Å². The summed E-state index contributed by atoms with van der Waals surface area (Å²) in [4.78, 5) is 3.88. The monoisotopic (exact) mass is 316 g/mol. The Morgan fingerprint density at radius 2 is 1.89 bits per heavy atom. The molecule has 2 aromatic heterocycles.